The summed E-state index contributed by atoms with van der Waals surface area (Å²) in [4.78, 5) is 52.7. The van der Waals surface area contributed by atoms with E-state index in [1.54, 1.807) is 45.0 Å². The third-order valence-corrected chi connectivity index (χ3v) is 5.18. The van der Waals surface area contributed by atoms with Crippen LogP contribution in [0.25, 0.3) is 0 Å². The van der Waals surface area contributed by atoms with Crippen molar-refractivity contribution >= 4 is 23.8 Å². The highest BCUT2D eigenvalue weighted by Crippen LogP contribution is 2.24. The Bertz CT molecular complexity index is 823. The molecule has 2 unspecified atom stereocenters. The number of nitrogens with zero attached hydrogens (tertiary/aromatic N) is 1. The summed E-state index contributed by atoms with van der Waals surface area (Å²) in [7, 11) is 0. The number of alkyl carbamates (subject to hydrolysis) is 1. The number of hydrogen-bond donors (Lipinski definition) is 3. The van der Waals surface area contributed by atoms with Crippen LogP contribution in [0.4, 0.5) is 4.79 Å². The van der Waals surface area contributed by atoms with Crippen LogP contribution in [0.5, 0.6) is 0 Å². The molecule has 0 aliphatic rings. The molecule has 196 valence electrons. The molecule has 1 rings (SSSR count). The normalized spacial score (nSPS) is 12.8. The topological polar surface area (TPSA) is 131 Å². The molecule has 0 bridgehead atoms. The van der Waals surface area contributed by atoms with Gasteiger partial charge in [-0.15, -0.1) is 0 Å². The van der Waals surface area contributed by atoms with Crippen molar-refractivity contribution in [1.29, 1.82) is 0 Å². The van der Waals surface area contributed by atoms with E-state index in [0.29, 0.717) is 18.5 Å². The molecule has 0 saturated heterocycles. The first-order valence-electron chi connectivity index (χ1n) is 12.4. The smallest absolute Gasteiger partial charge is 0.408 e. The number of carbonyl (C=O) groups excluding carboxylic acids is 4. The molecule has 9 nitrogen and oxygen atoms in total. The van der Waals surface area contributed by atoms with Gasteiger partial charge < -0.3 is 26.0 Å². The fourth-order valence-corrected chi connectivity index (χ4v) is 3.54. The molecule has 1 aromatic carbocycles. The van der Waals surface area contributed by atoms with Crippen LogP contribution in [0, 0.1) is 0 Å². The number of hydrogen-bond acceptors (Lipinski definition) is 5. The number of nitrogens with two attached hydrogens (primary N) is 1. The molecule has 9 heteroatoms. The van der Waals surface area contributed by atoms with Crippen LogP contribution >= 0.6 is 0 Å². The third-order valence-electron chi connectivity index (χ3n) is 5.18. The van der Waals surface area contributed by atoms with Crippen LogP contribution < -0.4 is 16.4 Å². The van der Waals surface area contributed by atoms with E-state index in [9.17, 15) is 19.2 Å². The van der Waals surface area contributed by atoms with E-state index < -0.39 is 42.0 Å². The van der Waals surface area contributed by atoms with E-state index in [4.69, 9.17) is 10.5 Å². The average Bonchev–Trinajstić information content (AvgIpc) is 2.77. The molecule has 0 heterocycles. The van der Waals surface area contributed by atoms with Gasteiger partial charge in [0.15, 0.2) is 0 Å². The van der Waals surface area contributed by atoms with Crippen molar-refractivity contribution in [2.45, 2.75) is 90.8 Å². The maximum Gasteiger partial charge on any atom is 0.408 e. The number of rotatable bonds is 14. The Hall–Kier alpha value is -3.10. The lowest BCUT2D eigenvalue weighted by Crippen LogP contribution is -2.54. The van der Waals surface area contributed by atoms with E-state index in [0.717, 1.165) is 25.7 Å². The highest BCUT2D eigenvalue weighted by Gasteiger charge is 2.36. The SMILES string of the molecule is CCCCCNC(=O)C(c1ccccc1)N(CCCC)C(=O)C(CC(N)=O)NC(=O)OC(C)(C)C. The fraction of sp³-hybridized carbons (Fsp3) is 0.615. The zero-order chi connectivity index (χ0) is 26.4. The highest BCUT2D eigenvalue weighted by molar-refractivity contribution is 5.94. The van der Waals surface area contributed by atoms with Crippen LogP contribution in [0.3, 0.4) is 0 Å². The van der Waals surface area contributed by atoms with E-state index in [-0.39, 0.29) is 12.5 Å². The van der Waals surface area contributed by atoms with Crippen LogP contribution in [-0.2, 0) is 19.1 Å². The fourth-order valence-electron chi connectivity index (χ4n) is 3.54. The summed E-state index contributed by atoms with van der Waals surface area (Å²) in [5.74, 6) is -1.64. The molecule has 35 heavy (non-hydrogen) atoms. The van der Waals surface area contributed by atoms with Crippen molar-refractivity contribution in [2.24, 2.45) is 5.73 Å². The quantitative estimate of drug-likeness (QED) is 0.344. The van der Waals surface area contributed by atoms with Gasteiger partial charge >= 0.3 is 6.09 Å². The molecular weight excluding hydrogens is 448 g/mol. The zero-order valence-corrected chi connectivity index (χ0v) is 21.8. The van der Waals surface area contributed by atoms with E-state index >= 15 is 0 Å². The third kappa shape index (κ3) is 11.2. The van der Waals surface area contributed by atoms with Gasteiger partial charge in [-0.25, -0.2) is 4.79 Å². The van der Waals surface area contributed by atoms with Crippen LogP contribution in [0.2, 0.25) is 0 Å². The molecule has 4 N–H and O–H groups in total. The van der Waals surface area contributed by atoms with Gasteiger partial charge in [0.1, 0.15) is 17.7 Å². The molecule has 0 radical (unpaired) electrons. The molecular formula is C26H42N4O5. The number of ether oxygens (including phenoxy) is 1. The molecule has 0 saturated carbocycles. The number of amides is 4. The Morgan fingerprint density at radius 2 is 1.63 bits per heavy atom. The van der Waals surface area contributed by atoms with Gasteiger partial charge in [-0.1, -0.05) is 63.4 Å². The second kappa shape index (κ2) is 15.0. The van der Waals surface area contributed by atoms with Crippen molar-refractivity contribution in [3.63, 3.8) is 0 Å². The second-order valence-corrected chi connectivity index (χ2v) is 9.57. The summed E-state index contributed by atoms with van der Waals surface area (Å²) in [6, 6.07) is 6.81. The summed E-state index contributed by atoms with van der Waals surface area (Å²) < 4.78 is 5.28. The van der Waals surface area contributed by atoms with Gasteiger partial charge in [0, 0.05) is 13.1 Å². The Kier molecular flexibility index (Phi) is 12.8. The van der Waals surface area contributed by atoms with Gasteiger partial charge in [-0.05, 0) is 39.2 Å². The van der Waals surface area contributed by atoms with Gasteiger partial charge in [-0.3, -0.25) is 14.4 Å². The number of unbranched alkanes of at least 4 members (excludes halogenated alkanes) is 3. The second-order valence-electron chi connectivity index (χ2n) is 9.57. The van der Waals surface area contributed by atoms with Crippen molar-refractivity contribution in [3.05, 3.63) is 35.9 Å². The van der Waals surface area contributed by atoms with Crippen LogP contribution in [0.15, 0.2) is 30.3 Å². The minimum atomic E-state index is -1.27. The summed E-state index contributed by atoms with van der Waals surface area (Å²) in [5.41, 5.74) is 5.24. The van der Waals surface area contributed by atoms with E-state index in [2.05, 4.69) is 17.6 Å². The lowest BCUT2D eigenvalue weighted by atomic mass is 10.0. The average molecular weight is 491 g/mol. The van der Waals surface area contributed by atoms with Gasteiger partial charge in [0.25, 0.3) is 0 Å². The molecule has 2 atom stereocenters. The van der Waals surface area contributed by atoms with Crippen molar-refractivity contribution in [2.75, 3.05) is 13.1 Å². The van der Waals surface area contributed by atoms with Gasteiger partial charge in [-0.2, -0.15) is 0 Å². The summed E-state index contributed by atoms with van der Waals surface area (Å²) in [5, 5.41) is 5.42. The van der Waals surface area contributed by atoms with Crippen LogP contribution in [-0.4, -0.2) is 53.4 Å². The summed E-state index contributed by atoms with van der Waals surface area (Å²) >= 11 is 0. The number of primary amides is 1. The number of nitrogens with one attached hydrogen (secondary N) is 2. The monoisotopic (exact) mass is 490 g/mol. The number of benzene rings is 1. The lowest BCUT2D eigenvalue weighted by Gasteiger charge is -2.34. The predicted molar refractivity (Wildman–Crippen MR) is 135 cm³/mol. The first-order chi connectivity index (χ1) is 16.5. The van der Waals surface area contributed by atoms with E-state index in [1.807, 2.05) is 13.0 Å². The maximum absolute atomic E-state index is 13.7. The maximum atomic E-state index is 13.7. The first kappa shape index (κ1) is 29.9. The van der Waals surface area contributed by atoms with Crippen molar-refractivity contribution in [3.8, 4) is 0 Å². The van der Waals surface area contributed by atoms with E-state index in [1.165, 1.54) is 4.90 Å². The highest BCUT2D eigenvalue weighted by atomic mass is 16.6. The minimum Gasteiger partial charge on any atom is -0.444 e. The Morgan fingerprint density at radius 3 is 2.17 bits per heavy atom. The summed E-state index contributed by atoms with van der Waals surface area (Å²) in [6.45, 7) is 9.90. The molecule has 1 aromatic rings. The Labute approximate surface area is 209 Å². The molecule has 0 aromatic heterocycles. The molecule has 0 fully saturated rings. The standard InChI is InChI=1S/C26H42N4O5/c1-6-8-13-16-28-23(32)22(19-14-11-10-12-15-19)30(17-9-7-2)24(33)20(18-21(27)31)29-25(34)35-26(3,4)5/h10-12,14-15,20,22H,6-9,13,16-18H2,1-5H3,(H2,27,31)(H,28,32)(H,29,34). The largest absolute Gasteiger partial charge is 0.444 e. The molecule has 0 aliphatic carbocycles. The zero-order valence-electron chi connectivity index (χ0n) is 21.8. The molecule has 0 aliphatic heterocycles. The minimum absolute atomic E-state index is 0.266. The van der Waals surface area contributed by atoms with Gasteiger partial charge in [0.2, 0.25) is 17.7 Å². The lowest BCUT2D eigenvalue weighted by molar-refractivity contribution is -0.143. The Morgan fingerprint density at radius 1 is 1.00 bits per heavy atom. The van der Waals surface area contributed by atoms with Crippen molar-refractivity contribution in [1.82, 2.24) is 15.5 Å². The van der Waals surface area contributed by atoms with Crippen molar-refractivity contribution < 1.29 is 23.9 Å². The molecule has 0 spiro atoms. The summed E-state index contributed by atoms with van der Waals surface area (Å²) in [6.07, 6.45) is 2.99. The molecule has 4 amide bonds. The number of carbonyl (C=O) groups is 4. The van der Waals surface area contributed by atoms with Gasteiger partial charge in [0.05, 0.1) is 6.42 Å². The Balaban J connectivity index is 3.32. The predicted octanol–water partition coefficient (Wildman–Crippen LogP) is 3.43. The van der Waals surface area contributed by atoms with Crippen LogP contribution in [0.1, 0.15) is 84.7 Å². The first-order valence-corrected chi connectivity index (χ1v) is 12.4.